The molecule has 5 heteroatoms. The van der Waals surface area contributed by atoms with Crippen LogP contribution < -0.4 is 0 Å². The number of nitrogens with zero attached hydrogens (tertiary/aromatic N) is 1. The zero-order valence-electron chi connectivity index (χ0n) is 10.2. The molecule has 0 saturated carbocycles. The van der Waals surface area contributed by atoms with E-state index in [1.54, 1.807) is 27.7 Å². The molecule has 0 aliphatic carbocycles. The molecule has 92 valence electrons. The van der Waals surface area contributed by atoms with Crippen molar-refractivity contribution in [2.24, 2.45) is 5.92 Å². The summed E-state index contributed by atoms with van der Waals surface area (Å²) < 4.78 is 5.26. The van der Waals surface area contributed by atoms with Gasteiger partial charge < -0.3 is 14.7 Å². The van der Waals surface area contributed by atoms with Crippen LogP contribution in [0.4, 0.5) is 4.79 Å². The predicted octanol–water partition coefficient (Wildman–Crippen LogP) is 1.72. The van der Waals surface area contributed by atoms with Crippen LogP contribution in [-0.4, -0.2) is 40.3 Å². The van der Waals surface area contributed by atoms with Crippen LogP contribution >= 0.6 is 0 Å². The standard InChI is InChI=1S/C11H19NO4/c1-7-8(5-6-12(7)10(14)15)9(13)16-11(2,3)4/h7-8H,5-6H2,1-4H3,(H,14,15)/t7-,8-/m0/s1. The van der Waals surface area contributed by atoms with E-state index in [2.05, 4.69) is 0 Å². The molecule has 0 aromatic carbocycles. The first kappa shape index (κ1) is 12.8. The lowest BCUT2D eigenvalue weighted by molar-refractivity contribution is -0.160. The molecule has 0 radical (unpaired) electrons. The predicted molar refractivity (Wildman–Crippen MR) is 58.1 cm³/mol. The van der Waals surface area contributed by atoms with Crippen molar-refractivity contribution in [2.75, 3.05) is 6.54 Å². The van der Waals surface area contributed by atoms with Gasteiger partial charge in [-0.3, -0.25) is 4.79 Å². The first-order chi connectivity index (χ1) is 7.22. The Kier molecular flexibility index (Phi) is 3.45. The molecule has 0 aromatic heterocycles. The summed E-state index contributed by atoms with van der Waals surface area (Å²) in [7, 11) is 0. The zero-order valence-corrected chi connectivity index (χ0v) is 10.2. The molecule has 1 aliphatic rings. The molecule has 1 saturated heterocycles. The Hall–Kier alpha value is -1.26. The Bertz CT molecular complexity index is 295. The van der Waals surface area contributed by atoms with Crippen molar-refractivity contribution in [3.05, 3.63) is 0 Å². The molecule has 5 nitrogen and oxygen atoms in total. The van der Waals surface area contributed by atoms with E-state index in [1.165, 1.54) is 4.90 Å². The maximum absolute atomic E-state index is 11.8. The van der Waals surface area contributed by atoms with Crippen molar-refractivity contribution in [1.29, 1.82) is 0 Å². The van der Waals surface area contributed by atoms with Crippen LogP contribution in [0.25, 0.3) is 0 Å². The molecule has 1 amide bonds. The maximum atomic E-state index is 11.8. The van der Waals surface area contributed by atoms with E-state index >= 15 is 0 Å². The van der Waals surface area contributed by atoms with Gasteiger partial charge in [0, 0.05) is 12.6 Å². The van der Waals surface area contributed by atoms with Gasteiger partial charge in [0.1, 0.15) is 5.60 Å². The molecule has 16 heavy (non-hydrogen) atoms. The third-order valence-electron chi connectivity index (χ3n) is 2.71. The molecule has 1 N–H and O–H groups in total. The van der Waals surface area contributed by atoms with Gasteiger partial charge in [0.2, 0.25) is 0 Å². The summed E-state index contributed by atoms with van der Waals surface area (Å²) in [5.74, 6) is -0.640. The number of amides is 1. The summed E-state index contributed by atoms with van der Waals surface area (Å²) in [6, 6.07) is -0.299. The van der Waals surface area contributed by atoms with Gasteiger partial charge in [-0.05, 0) is 34.1 Å². The van der Waals surface area contributed by atoms with Crippen molar-refractivity contribution in [3.63, 3.8) is 0 Å². The van der Waals surface area contributed by atoms with Gasteiger partial charge in [0.25, 0.3) is 0 Å². The van der Waals surface area contributed by atoms with E-state index in [9.17, 15) is 9.59 Å². The molecule has 0 aromatic rings. The number of carbonyl (C=O) groups is 2. The summed E-state index contributed by atoms with van der Waals surface area (Å²) >= 11 is 0. The van der Waals surface area contributed by atoms with Crippen LogP contribution in [0.2, 0.25) is 0 Å². The van der Waals surface area contributed by atoms with E-state index < -0.39 is 11.7 Å². The monoisotopic (exact) mass is 229 g/mol. The maximum Gasteiger partial charge on any atom is 0.407 e. The zero-order chi connectivity index (χ0) is 12.5. The molecule has 1 fully saturated rings. The number of hydrogen-bond acceptors (Lipinski definition) is 3. The first-order valence-electron chi connectivity index (χ1n) is 5.45. The van der Waals surface area contributed by atoms with Crippen LogP contribution in [-0.2, 0) is 9.53 Å². The van der Waals surface area contributed by atoms with Gasteiger partial charge in [-0.2, -0.15) is 0 Å². The van der Waals surface area contributed by atoms with Gasteiger partial charge in [0.05, 0.1) is 5.92 Å². The van der Waals surface area contributed by atoms with E-state index in [0.717, 1.165) is 0 Å². The summed E-state index contributed by atoms with van der Waals surface area (Å²) in [5.41, 5.74) is -0.520. The lowest BCUT2D eigenvalue weighted by atomic mass is 10.0. The van der Waals surface area contributed by atoms with Crippen molar-refractivity contribution in [2.45, 2.75) is 45.8 Å². The van der Waals surface area contributed by atoms with Crippen LogP contribution in [0.3, 0.4) is 0 Å². The molecule has 1 aliphatic heterocycles. The van der Waals surface area contributed by atoms with E-state index in [-0.39, 0.29) is 17.9 Å². The Morgan fingerprint density at radius 3 is 2.31 bits per heavy atom. The van der Waals surface area contributed by atoms with Gasteiger partial charge in [-0.25, -0.2) is 4.79 Å². The first-order valence-corrected chi connectivity index (χ1v) is 5.45. The molecule has 0 bridgehead atoms. The minimum Gasteiger partial charge on any atom is -0.465 e. The molecule has 0 unspecified atom stereocenters. The minimum absolute atomic E-state index is 0.299. The normalized spacial score (nSPS) is 25.6. The largest absolute Gasteiger partial charge is 0.465 e. The van der Waals surface area contributed by atoms with Crippen LogP contribution in [0.5, 0.6) is 0 Å². The third-order valence-corrected chi connectivity index (χ3v) is 2.71. The Morgan fingerprint density at radius 1 is 1.38 bits per heavy atom. The lowest BCUT2D eigenvalue weighted by Gasteiger charge is -2.25. The minimum atomic E-state index is -0.974. The topological polar surface area (TPSA) is 66.8 Å². The van der Waals surface area contributed by atoms with Crippen LogP contribution in [0, 0.1) is 5.92 Å². The van der Waals surface area contributed by atoms with Gasteiger partial charge in [-0.1, -0.05) is 0 Å². The number of carboxylic acid groups (broad SMARTS) is 1. The molecular formula is C11H19NO4. The fraction of sp³-hybridized carbons (Fsp3) is 0.818. The number of rotatable bonds is 1. The van der Waals surface area contributed by atoms with E-state index in [4.69, 9.17) is 9.84 Å². The highest BCUT2D eigenvalue weighted by molar-refractivity contribution is 5.76. The smallest absolute Gasteiger partial charge is 0.407 e. The van der Waals surface area contributed by atoms with Gasteiger partial charge in [-0.15, -0.1) is 0 Å². The summed E-state index contributed by atoms with van der Waals surface area (Å²) in [6.07, 6.45) is -0.430. The summed E-state index contributed by atoms with van der Waals surface area (Å²) in [4.78, 5) is 23.9. The number of likely N-dealkylation sites (tertiary alicyclic amines) is 1. The summed E-state index contributed by atoms with van der Waals surface area (Å²) in [6.45, 7) is 7.56. The Balaban J connectivity index is 2.63. The van der Waals surface area contributed by atoms with Crippen molar-refractivity contribution in [3.8, 4) is 0 Å². The molecule has 0 spiro atoms. The second kappa shape index (κ2) is 4.31. The third kappa shape index (κ3) is 2.87. The number of hydrogen-bond donors (Lipinski definition) is 1. The second-order valence-corrected chi connectivity index (χ2v) is 5.15. The highest BCUT2D eigenvalue weighted by atomic mass is 16.6. The van der Waals surface area contributed by atoms with Crippen LogP contribution in [0.15, 0.2) is 0 Å². The number of esters is 1. The molecule has 1 rings (SSSR count). The number of ether oxygens (including phenoxy) is 1. The average molecular weight is 229 g/mol. The highest BCUT2D eigenvalue weighted by Crippen LogP contribution is 2.26. The van der Waals surface area contributed by atoms with E-state index in [1.807, 2.05) is 0 Å². The molecule has 2 atom stereocenters. The van der Waals surface area contributed by atoms with Gasteiger partial charge >= 0.3 is 12.1 Å². The Morgan fingerprint density at radius 2 is 1.94 bits per heavy atom. The second-order valence-electron chi connectivity index (χ2n) is 5.15. The lowest BCUT2D eigenvalue weighted by Crippen LogP contribution is -2.38. The van der Waals surface area contributed by atoms with E-state index in [0.29, 0.717) is 13.0 Å². The summed E-state index contributed by atoms with van der Waals surface area (Å²) in [5, 5.41) is 8.89. The number of carbonyl (C=O) groups excluding carboxylic acids is 1. The quantitative estimate of drug-likeness (QED) is 0.695. The molecular weight excluding hydrogens is 210 g/mol. The van der Waals surface area contributed by atoms with Gasteiger partial charge in [0.15, 0.2) is 0 Å². The average Bonchev–Trinajstić information content (AvgIpc) is 2.43. The Labute approximate surface area is 95.4 Å². The van der Waals surface area contributed by atoms with Crippen molar-refractivity contribution in [1.82, 2.24) is 4.90 Å². The fourth-order valence-corrected chi connectivity index (χ4v) is 1.90. The fourth-order valence-electron chi connectivity index (χ4n) is 1.90. The van der Waals surface area contributed by atoms with Crippen LogP contribution in [0.1, 0.15) is 34.1 Å². The van der Waals surface area contributed by atoms with Crippen molar-refractivity contribution < 1.29 is 19.4 Å². The SMILES string of the molecule is C[C@H]1[C@@H](C(=O)OC(C)(C)C)CCN1C(=O)O. The molecule has 1 heterocycles. The van der Waals surface area contributed by atoms with Crippen molar-refractivity contribution >= 4 is 12.1 Å². The highest BCUT2D eigenvalue weighted by Gasteiger charge is 2.40.